The van der Waals surface area contributed by atoms with Crippen molar-refractivity contribution in [3.63, 3.8) is 0 Å². The number of tetrazole rings is 1. The van der Waals surface area contributed by atoms with E-state index in [2.05, 4.69) is 68.7 Å². The molecule has 1 saturated heterocycles. The van der Waals surface area contributed by atoms with Gasteiger partial charge in [-0.15, -0.1) is 5.10 Å². The average molecular weight is 471 g/mol. The van der Waals surface area contributed by atoms with Crippen molar-refractivity contribution in [1.29, 1.82) is 0 Å². The molecule has 0 amide bonds. The van der Waals surface area contributed by atoms with Crippen LogP contribution in [0.2, 0.25) is 0 Å². The van der Waals surface area contributed by atoms with Gasteiger partial charge < -0.3 is 9.72 Å². The molecule has 8 nitrogen and oxygen atoms in total. The molecule has 2 aliphatic heterocycles. The number of H-pyrrole nitrogens is 1. The number of pyridine rings is 1. The molecule has 0 aliphatic carbocycles. The van der Waals surface area contributed by atoms with Crippen LogP contribution in [0.3, 0.4) is 0 Å². The third kappa shape index (κ3) is 4.28. The predicted molar refractivity (Wildman–Crippen MR) is 133 cm³/mol. The monoisotopic (exact) mass is 470 g/mol. The van der Waals surface area contributed by atoms with Crippen molar-refractivity contribution in [2.45, 2.75) is 57.8 Å². The fourth-order valence-electron chi connectivity index (χ4n) is 5.45. The molecule has 180 valence electrons. The Morgan fingerprint density at radius 1 is 1.17 bits per heavy atom. The van der Waals surface area contributed by atoms with Crippen LogP contribution >= 0.6 is 0 Å². The Bertz CT molecular complexity index is 1400. The van der Waals surface area contributed by atoms with E-state index in [1.807, 2.05) is 16.8 Å². The van der Waals surface area contributed by atoms with Crippen LogP contribution in [0.25, 0.3) is 10.9 Å². The summed E-state index contributed by atoms with van der Waals surface area (Å²) in [5, 5.41) is 13.9. The fourth-order valence-corrected chi connectivity index (χ4v) is 5.45. The number of rotatable bonds is 6. The second-order valence-electron chi connectivity index (χ2n) is 9.57. The Morgan fingerprint density at radius 3 is 2.89 bits per heavy atom. The van der Waals surface area contributed by atoms with E-state index < -0.39 is 0 Å². The second kappa shape index (κ2) is 9.36. The van der Waals surface area contributed by atoms with Crippen LogP contribution in [-0.2, 0) is 30.7 Å². The number of aryl methyl sites for hydroxylation is 1. The number of benzene rings is 2. The molecular weight excluding hydrogens is 440 g/mol. The number of aromatic amines is 1. The van der Waals surface area contributed by atoms with Crippen LogP contribution in [0.15, 0.2) is 53.3 Å². The number of hydrogen-bond acceptors (Lipinski definition) is 6. The first kappa shape index (κ1) is 22.1. The van der Waals surface area contributed by atoms with Crippen LogP contribution in [0.5, 0.6) is 0 Å². The van der Waals surface area contributed by atoms with E-state index in [1.54, 1.807) is 0 Å². The van der Waals surface area contributed by atoms with Gasteiger partial charge in [-0.25, -0.2) is 4.68 Å². The van der Waals surface area contributed by atoms with Gasteiger partial charge in [0.2, 0.25) is 0 Å². The number of ether oxygens (including phenoxy) is 1. The van der Waals surface area contributed by atoms with Gasteiger partial charge in [0, 0.05) is 30.8 Å². The zero-order valence-electron chi connectivity index (χ0n) is 20.0. The Labute approximate surface area is 203 Å². The highest BCUT2D eigenvalue weighted by Gasteiger charge is 2.33. The summed E-state index contributed by atoms with van der Waals surface area (Å²) in [4.78, 5) is 18.9. The highest BCUT2D eigenvalue weighted by Crippen LogP contribution is 2.32. The quantitative estimate of drug-likeness (QED) is 0.465. The molecule has 2 aromatic carbocycles. The van der Waals surface area contributed by atoms with Crippen LogP contribution in [0.4, 0.5) is 0 Å². The Balaban J connectivity index is 1.46. The number of nitrogens with zero attached hydrogens (tertiary/aromatic N) is 5. The number of hydrogen-bond donors (Lipinski definition) is 1. The lowest BCUT2D eigenvalue weighted by molar-refractivity contribution is 0.0904. The summed E-state index contributed by atoms with van der Waals surface area (Å²) in [7, 11) is 0. The average Bonchev–Trinajstić information content (AvgIpc) is 3.57. The van der Waals surface area contributed by atoms with E-state index in [4.69, 9.17) is 4.74 Å². The summed E-state index contributed by atoms with van der Waals surface area (Å²) in [6.07, 6.45) is 4.01. The lowest BCUT2D eigenvalue weighted by Gasteiger charge is -2.35. The van der Waals surface area contributed by atoms with Gasteiger partial charge >= 0.3 is 0 Å². The molecule has 2 aliphatic rings. The first-order valence-corrected chi connectivity index (χ1v) is 12.5. The molecule has 0 bridgehead atoms. The summed E-state index contributed by atoms with van der Waals surface area (Å²) in [6.45, 7) is 5.06. The summed E-state index contributed by atoms with van der Waals surface area (Å²) >= 11 is 0. The van der Waals surface area contributed by atoms with Crippen molar-refractivity contribution < 1.29 is 4.74 Å². The normalized spacial score (nSPS) is 19.2. The predicted octanol–water partition coefficient (Wildman–Crippen LogP) is 3.40. The fraction of sp³-hybridized carbons (Fsp3) is 0.407. The van der Waals surface area contributed by atoms with Crippen LogP contribution < -0.4 is 5.56 Å². The van der Waals surface area contributed by atoms with E-state index in [-0.39, 0.29) is 17.7 Å². The maximum absolute atomic E-state index is 13.5. The third-order valence-electron chi connectivity index (χ3n) is 7.37. The SMILES string of the molecule is CCc1ccc2[nH]c(=O)c(C(c3nnnn3CC3CCCO3)N3CCc4ccccc4C3)cc2c1. The zero-order chi connectivity index (χ0) is 23.8. The van der Waals surface area contributed by atoms with E-state index in [9.17, 15) is 4.79 Å². The van der Waals surface area contributed by atoms with Crippen LogP contribution in [0, 0.1) is 0 Å². The van der Waals surface area contributed by atoms with Gasteiger partial charge in [0.25, 0.3) is 5.56 Å². The molecule has 0 spiro atoms. The minimum absolute atomic E-state index is 0.0991. The summed E-state index contributed by atoms with van der Waals surface area (Å²) in [6, 6.07) is 16.4. The Hall–Kier alpha value is -3.36. The lowest BCUT2D eigenvalue weighted by atomic mass is 9.95. The summed E-state index contributed by atoms with van der Waals surface area (Å²) in [5.41, 5.74) is 5.31. The molecule has 6 rings (SSSR count). The van der Waals surface area contributed by atoms with E-state index in [1.165, 1.54) is 16.7 Å². The van der Waals surface area contributed by atoms with Gasteiger partial charge in [-0.05, 0) is 76.4 Å². The topological polar surface area (TPSA) is 88.9 Å². The Morgan fingerprint density at radius 2 is 2.06 bits per heavy atom. The number of fused-ring (bicyclic) bond motifs is 2. The third-order valence-corrected chi connectivity index (χ3v) is 7.37. The van der Waals surface area contributed by atoms with Crippen molar-refractivity contribution in [2.75, 3.05) is 13.2 Å². The van der Waals surface area contributed by atoms with Crippen molar-refractivity contribution in [3.8, 4) is 0 Å². The van der Waals surface area contributed by atoms with Crippen molar-refractivity contribution >= 4 is 10.9 Å². The van der Waals surface area contributed by atoms with Gasteiger partial charge in [0.15, 0.2) is 5.82 Å². The maximum atomic E-state index is 13.5. The molecule has 4 aromatic rings. The standard InChI is InChI=1S/C27H30N6O2/c1-2-18-9-10-24-21(14-18)15-23(27(34)28-24)25(32-12-11-19-6-3-4-7-20(19)16-32)26-29-30-31-33(26)17-22-8-5-13-35-22/h3-4,6-7,9-10,14-15,22,25H,2,5,8,11-13,16-17H2,1H3,(H,28,34). The number of aromatic nitrogens is 5. The molecule has 35 heavy (non-hydrogen) atoms. The molecular formula is C27H30N6O2. The van der Waals surface area contributed by atoms with Gasteiger partial charge in [0.05, 0.1) is 12.6 Å². The molecule has 2 unspecified atom stereocenters. The summed E-state index contributed by atoms with van der Waals surface area (Å²) < 4.78 is 7.71. The summed E-state index contributed by atoms with van der Waals surface area (Å²) in [5.74, 6) is 0.691. The highest BCUT2D eigenvalue weighted by atomic mass is 16.5. The van der Waals surface area contributed by atoms with Crippen LogP contribution in [-0.4, -0.2) is 49.3 Å². The van der Waals surface area contributed by atoms with E-state index in [0.717, 1.165) is 56.3 Å². The van der Waals surface area contributed by atoms with Crippen LogP contribution in [0.1, 0.15) is 53.9 Å². The molecule has 0 radical (unpaired) electrons. The van der Waals surface area contributed by atoms with Gasteiger partial charge in [0.1, 0.15) is 6.04 Å². The minimum atomic E-state index is -0.363. The van der Waals surface area contributed by atoms with Crippen molar-refractivity contribution in [2.24, 2.45) is 0 Å². The largest absolute Gasteiger partial charge is 0.376 e. The highest BCUT2D eigenvalue weighted by molar-refractivity contribution is 5.80. The van der Waals surface area contributed by atoms with E-state index in [0.29, 0.717) is 17.9 Å². The number of nitrogens with one attached hydrogen (secondary N) is 1. The first-order chi connectivity index (χ1) is 17.2. The molecule has 0 saturated carbocycles. The molecule has 2 aromatic heterocycles. The molecule has 4 heterocycles. The van der Waals surface area contributed by atoms with Crippen molar-refractivity contribution in [3.05, 3.63) is 87.0 Å². The molecule has 1 N–H and O–H groups in total. The first-order valence-electron chi connectivity index (χ1n) is 12.5. The maximum Gasteiger partial charge on any atom is 0.253 e. The van der Waals surface area contributed by atoms with Gasteiger partial charge in [-0.3, -0.25) is 9.69 Å². The Kier molecular flexibility index (Phi) is 5.91. The van der Waals surface area contributed by atoms with E-state index >= 15 is 0 Å². The molecule has 2 atom stereocenters. The second-order valence-corrected chi connectivity index (χ2v) is 9.57. The van der Waals surface area contributed by atoms with Gasteiger partial charge in [-0.1, -0.05) is 37.3 Å². The molecule has 1 fully saturated rings. The zero-order valence-corrected chi connectivity index (χ0v) is 20.0. The van der Waals surface area contributed by atoms with Crippen molar-refractivity contribution in [1.82, 2.24) is 30.1 Å². The van der Waals surface area contributed by atoms with Gasteiger partial charge in [-0.2, -0.15) is 0 Å². The lowest BCUT2D eigenvalue weighted by Crippen LogP contribution is -2.39. The molecule has 8 heteroatoms. The smallest absolute Gasteiger partial charge is 0.253 e. The minimum Gasteiger partial charge on any atom is -0.376 e.